The van der Waals surface area contributed by atoms with Crippen molar-refractivity contribution in [3.05, 3.63) is 35.9 Å². The van der Waals surface area contributed by atoms with E-state index in [4.69, 9.17) is 15.9 Å². The molecule has 3 atom stereocenters. The van der Waals surface area contributed by atoms with Crippen LogP contribution < -0.4 is 21.7 Å². The highest BCUT2D eigenvalue weighted by Gasteiger charge is 2.27. The lowest BCUT2D eigenvalue weighted by Gasteiger charge is -2.21. The van der Waals surface area contributed by atoms with Crippen molar-refractivity contribution in [2.45, 2.75) is 38.4 Å². The monoisotopic (exact) mass is 408 g/mol. The number of hydrogen-bond donors (Lipinski definition) is 6. The number of nitrogens with two attached hydrogens (primary N) is 1. The van der Waals surface area contributed by atoms with Gasteiger partial charge in [-0.3, -0.25) is 14.4 Å². The first kappa shape index (κ1) is 24.1. The van der Waals surface area contributed by atoms with Crippen LogP contribution in [0.1, 0.15) is 19.4 Å². The van der Waals surface area contributed by atoms with E-state index in [0.717, 1.165) is 5.56 Å². The lowest BCUT2D eigenvalue weighted by Crippen LogP contribution is -2.55. The van der Waals surface area contributed by atoms with Gasteiger partial charge in [0.2, 0.25) is 17.7 Å². The first-order valence-electron chi connectivity index (χ1n) is 9.16. The van der Waals surface area contributed by atoms with Crippen molar-refractivity contribution in [1.82, 2.24) is 16.0 Å². The number of aliphatic carboxylic acids is 1. The van der Waals surface area contributed by atoms with Gasteiger partial charge in [-0.2, -0.15) is 0 Å². The molecule has 0 aliphatic heterocycles. The lowest BCUT2D eigenvalue weighted by atomic mass is 10.0. The van der Waals surface area contributed by atoms with Crippen LogP contribution in [0.4, 0.5) is 0 Å². The van der Waals surface area contributed by atoms with E-state index in [-0.39, 0.29) is 18.9 Å². The van der Waals surface area contributed by atoms with E-state index in [1.54, 1.807) is 44.2 Å². The van der Waals surface area contributed by atoms with Crippen molar-refractivity contribution < 1.29 is 29.4 Å². The van der Waals surface area contributed by atoms with Crippen LogP contribution in [0.3, 0.4) is 0 Å². The van der Waals surface area contributed by atoms with E-state index < -0.39 is 48.4 Å². The summed E-state index contributed by atoms with van der Waals surface area (Å²) in [6, 6.07) is 5.42. The number of aliphatic hydroxyl groups excluding tert-OH is 1. The molecular weight excluding hydrogens is 380 g/mol. The van der Waals surface area contributed by atoms with Crippen molar-refractivity contribution >= 4 is 23.7 Å². The summed E-state index contributed by atoms with van der Waals surface area (Å²) in [4.78, 5) is 47.6. The van der Waals surface area contributed by atoms with Gasteiger partial charge in [0.1, 0.15) is 12.1 Å². The quantitative estimate of drug-likeness (QED) is 0.255. The summed E-state index contributed by atoms with van der Waals surface area (Å²) in [6.45, 7) is 2.35. The summed E-state index contributed by atoms with van der Waals surface area (Å²) in [5, 5.41) is 25.2. The van der Waals surface area contributed by atoms with E-state index in [0.29, 0.717) is 0 Å². The Morgan fingerprint density at radius 3 is 2.14 bits per heavy atom. The van der Waals surface area contributed by atoms with Gasteiger partial charge in [0.15, 0.2) is 0 Å². The highest BCUT2D eigenvalue weighted by molar-refractivity contribution is 5.92. The highest BCUT2D eigenvalue weighted by Crippen LogP contribution is 2.04. The third-order valence-corrected chi connectivity index (χ3v) is 4.18. The third kappa shape index (κ3) is 8.28. The summed E-state index contributed by atoms with van der Waals surface area (Å²) in [6.07, 6.45) is 0.0929. The molecule has 1 rings (SSSR count). The first-order valence-corrected chi connectivity index (χ1v) is 9.16. The van der Waals surface area contributed by atoms with Crippen LogP contribution in [-0.4, -0.2) is 65.2 Å². The summed E-state index contributed by atoms with van der Waals surface area (Å²) in [5.74, 6) is -3.41. The molecule has 0 aliphatic carbocycles. The second kappa shape index (κ2) is 11.8. The molecule has 0 aromatic heterocycles. The number of hydrogen-bond acceptors (Lipinski definition) is 6. The number of nitrogens with one attached hydrogen (secondary N) is 3. The minimum atomic E-state index is -1.50. The van der Waals surface area contributed by atoms with Gasteiger partial charge in [-0.25, -0.2) is 4.79 Å². The predicted octanol–water partition coefficient (Wildman–Crippen LogP) is -1.62. The highest BCUT2D eigenvalue weighted by atomic mass is 16.4. The molecule has 7 N–H and O–H groups in total. The molecule has 0 saturated heterocycles. The maximum absolute atomic E-state index is 12.5. The molecule has 160 valence electrons. The number of carboxylic acids is 1. The van der Waals surface area contributed by atoms with Crippen LogP contribution in [0.25, 0.3) is 0 Å². The zero-order chi connectivity index (χ0) is 22.0. The molecule has 3 amide bonds. The molecule has 10 nitrogen and oxygen atoms in total. The van der Waals surface area contributed by atoms with Crippen molar-refractivity contribution in [2.24, 2.45) is 11.7 Å². The van der Waals surface area contributed by atoms with Gasteiger partial charge in [-0.05, 0) is 11.5 Å². The molecule has 0 aliphatic rings. The van der Waals surface area contributed by atoms with E-state index >= 15 is 0 Å². The topological polar surface area (TPSA) is 171 Å². The van der Waals surface area contributed by atoms with Crippen LogP contribution in [-0.2, 0) is 25.6 Å². The Kier molecular flexibility index (Phi) is 9.76. The van der Waals surface area contributed by atoms with E-state index in [9.17, 15) is 19.2 Å². The molecule has 3 unspecified atom stereocenters. The molecule has 0 fully saturated rings. The summed E-state index contributed by atoms with van der Waals surface area (Å²) in [5.41, 5.74) is 6.44. The second-order valence-corrected chi connectivity index (χ2v) is 6.88. The Balaban J connectivity index is 2.80. The minimum Gasteiger partial charge on any atom is -0.480 e. The van der Waals surface area contributed by atoms with Crippen LogP contribution in [0.5, 0.6) is 0 Å². The molecule has 0 radical (unpaired) electrons. The van der Waals surface area contributed by atoms with E-state index in [1.807, 2.05) is 0 Å². The van der Waals surface area contributed by atoms with Crippen molar-refractivity contribution in [3.63, 3.8) is 0 Å². The third-order valence-electron chi connectivity index (χ3n) is 4.18. The Morgan fingerprint density at radius 1 is 1.00 bits per heavy atom. The van der Waals surface area contributed by atoms with Gasteiger partial charge in [0, 0.05) is 6.42 Å². The normalized spacial score (nSPS) is 13.8. The number of aliphatic hydroxyl groups is 1. The summed E-state index contributed by atoms with van der Waals surface area (Å²) in [7, 11) is 0. The van der Waals surface area contributed by atoms with Crippen molar-refractivity contribution in [1.29, 1.82) is 0 Å². The predicted molar refractivity (Wildman–Crippen MR) is 105 cm³/mol. The minimum absolute atomic E-state index is 0.0929. The number of amides is 3. The maximum Gasteiger partial charge on any atom is 0.328 e. The Labute approximate surface area is 168 Å². The van der Waals surface area contributed by atoms with E-state index in [1.165, 1.54) is 0 Å². The van der Waals surface area contributed by atoms with Gasteiger partial charge < -0.3 is 31.9 Å². The molecule has 29 heavy (non-hydrogen) atoms. The number of rotatable bonds is 11. The molecule has 0 heterocycles. The van der Waals surface area contributed by atoms with Crippen LogP contribution in [0.2, 0.25) is 0 Å². The van der Waals surface area contributed by atoms with Crippen molar-refractivity contribution in [2.75, 3.05) is 13.2 Å². The summed E-state index contributed by atoms with van der Waals surface area (Å²) >= 11 is 0. The van der Waals surface area contributed by atoms with Gasteiger partial charge in [0.25, 0.3) is 0 Å². The zero-order valence-corrected chi connectivity index (χ0v) is 16.4. The molecule has 0 bridgehead atoms. The standard InChI is InChI=1S/C19H28N4O6/c1-11(2)16(20)18(27)21-9-15(25)22-13(8-12-6-4-3-5-7-12)17(26)23-14(10-24)19(28)29/h3-7,11,13-14,16,24H,8-10,20H2,1-2H3,(H,21,27)(H,22,25)(H,23,26)(H,28,29). The van der Waals surface area contributed by atoms with Gasteiger partial charge in [-0.1, -0.05) is 44.2 Å². The fraction of sp³-hybridized carbons (Fsp3) is 0.474. The molecule has 0 saturated carbocycles. The van der Waals surface area contributed by atoms with Gasteiger partial charge >= 0.3 is 5.97 Å². The Hall–Kier alpha value is -2.98. The number of benzene rings is 1. The second-order valence-electron chi connectivity index (χ2n) is 6.88. The molecule has 1 aromatic carbocycles. The van der Waals surface area contributed by atoms with Gasteiger partial charge in [0.05, 0.1) is 19.2 Å². The maximum atomic E-state index is 12.5. The lowest BCUT2D eigenvalue weighted by molar-refractivity contribution is -0.143. The molecular formula is C19H28N4O6. The average molecular weight is 408 g/mol. The SMILES string of the molecule is CC(C)C(N)C(=O)NCC(=O)NC(Cc1ccccc1)C(=O)NC(CO)C(=O)O. The molecule has 0 spiro atoms. The van der Waals surface area contributed by atoms with Crippen LogP contribution in [0, 0.1) is 5.92 Å². The number of carboxylic acid groups (broad SMARTS) is 1. The molecule has 1 aromatic rings. The van der Waals surface area contributed by atoms with Crippen molar-refractivity contribution in [3.8, 4) is 0 Å². The largest absolute Gasteiger partial charge is 0.480 e. The fourth-order valence-corrected chi connectivity index (χ4v) is 2.35. The van der Waals surface area contributed by atoms with Crippen LogP contribution >= 0.6 is 0 Å². The Bertz CT molecular complexity index is 710. The fourth-order valence-electron chi connectivity index (χ4n) is 2.35. The Morgan fingerprint density at radius 2 is 1.62 bits per heavy atom. The van der Waals surface area contributed by atoms with Gasteiger partial charge in [-0.15, -0.1) is 0 Å². The average Bonchev–Trinajstić information content (AvgIpc) is 2.69. The number of carbonyl (C=O) groups excluding carboxylic acids is 3. The van der Waals surface area contributed by atoms with Crippen LogP contribution in [0.15, 0.2) is 30.3 Å². The first-order chi connectivity index (χ1) is 13.6. The number of carbonyl (C=O) groups is 4. The smallest absolute Gasteiger partial charge is 0.328 e. The molecule has 10 heteroatoms. The van der Waals surface area contributed by atoms with E-state index in [2.05, 4.69) is 16.0 Å². The zero-order valence-electron chi connectivity index (χ0n) is 16.4. The summed E-state index contributed by atoms with van der Waals surface area (Å²) < 4.78 is 0.